The molecule has 34 heavy (non-hydrogen) atoms. The van der Waals surface area contributed by atoms with Gasteiger partial charge in [-0.3, -0.25) is 0 Å². The Balaban J connectivity index is 2.08. The van der Waals surface area contributed by atoms with Crippen molar-refractivity contribution in [2.75, 3.05) is 0 Å². The zero-order chi connectivity index (χ0) is 25.3. The SMILES string of the molecule is CCCc1cccc(C2=C(F)C=CCC2(F)c2cccc(OC(F)(F)C(F)C(F)(F)F)c2F)c1. The average molecular weight is 494 g/mol. The summed E-state index contributed by atoms with van der Waals surface area (Å²) in [5.74, 6) is -4.36. The zero-order valence-electron chi connectivity index (χ0n) is 17.7. The highest BCUT2D eigenvalue weighted by atomic mass is 19.4. The molecular weight excluding hydrogens is 475 g/mol. The first-order chi connectivity index (χ1) is 15.8. The van der Waals surface area contributed by atoms with Gasteiger partial charge in [0.25, 0.3) is 6.17 Å². The van der Waals surface area contributed by atoms with E-state index in [2.05, 4.69) is 4.74 Å². The van der Waals surface area contributed by atoms with Crippen molar-refractivity contribution in [2.45, 2.75) is 50.3 Å². The fraction of sp³-hybridized carbons (Fsp3) is 0.333. The first kappa shape index (κ1) is 25.7. The van der Waals surface area contributed by atoms with Gasteiger partial charge in [-0.2, -0.15) is 22.0 Å². The van der Waals surface area contributed by atoms with Crippen molar-refractivity contribution < 1.29 is 44.3 Å². The van der Waals surface area contributed by atoms with Crippen LogP contribution in [0.4, 0.5) is 39.5 Å². The van der Waals surface area contributed by atoms with Gasteiger partial charge in [0.1, 0.15) is 5.83 Å². The number of benzene rings is 2. The molecule has 2 unspecified atom stereocenters. The number of allylic oxidation sites excluding steroid dienone is 4. The molecule has 0 spiro atoms. The van der Waals surface area contributed by atoms with Gasteiger partial charge in [0.05, 0.1) is 0 Å². The molecule has 1 aliphatic rings. The van der Waals surface area contributed by atoms with Crippen molar-refractivity contribution in [3.8, 4) is 5.75 Å². The fourth-order valence-corrected chi connectivity index (χ4v) is 3.77. The molecule has 0 aliphatic heterocycles. The monoisotopic (exact) mass is 494 g/mol. The summed E-state index contributed by atoms with van der Waals surface area (Å²) in [6.45, 7) is 1.90. The van der Waals surface area contributed by atoms with Crippen molar-refractivity contribution >= 4 is 5.57 Å². The summed E-state index contributed by atoms with van der Waals surface area (Å²) < 4.78 is 128. The van der Waals surface area contributed by atoms with Crippen LogP contribution in [0.1, 0.15) is 36.5 Å². The molecule has 0 N–H and O–H groups in total. The number of hydrogen-bond donors (Lipinski definition) is 0. The summed E-state index contributed by atoms with van der Waals surface area (Å²) in [6.07, 6.45) is -13.5. The molecule has 0 bridgehead atoms. The van der Waals surface area contributed by atoms with E-state index >= 15 is 8.78 Å². The predicted octanol–water partition coefficient (Wildman–Crippen LogP) is 8.16. The Kier molecular flexibility index (Phi) is 7.10. The van der Waals surface area contributed by atoms with Crippen molar-refractivity contribution in [1.82, 2.24) is 0 Å². The van der Waals surface area contributed by atoms with E-state index in [9.17, 15) is 30.7 Å². The lowest BCUT2D eigenvalue weighted by Gasteiger charge is -2.32. The van der Waals surface area contributed by atoms with Crippen LogP contribution in [0.25, 0.3) is 5.57 Å². The van der Waals surface area contributed by atoms with Gasteiger partial charge in [0.15, 0.2) is 17.2 Å². The van der Waals surface area contributed by atoms with Crippen LogP contribution in [0.15, 0.2) is 60.4 Å². The number of hydrogen-bond acceptors (Lipinski definition) is 1. The second-order valence-corrected chi connectivity index (χ2v) is 7.77. The van der Waals surface area contributed by atoms with Gasteiger partial charge in [-0.05, 0) is 29.7 Å². The topological polar surface area (TPSA) is 9.23 Å². The summed E-state index contributed by atoms with van der Waals surface area (Å²) in [5, 5.41) is 0. The van der Waals surface area contributed by atoms with Crippen LogP contribution in [-0.2, 0) is 12.1 Å². The maximum absolute atomic E-state index is 16.4. The third-order valence-electron chi connectivity index (χ3n) is 5.27. The summed E-state index contributed by atoms with van der Waals surface area (Å²) in [5.41, 5.74) is -3.61. The largest absolute Gasteiger partial charge is 0.439 e. The maximum Gasteiger partial charge on any atom is 0.439 e. The average Bonchev–Trinajstić information content (AvgIpc) is 2.74. The van der Waals surface area contributed by atoms with E-state index in [1.54, 1.807) is 12.1 Å². The minimum Gasteiger partial charge on any atom is -0.427 e. The molecule has 0 aromatic heterocycles. The van der Waals surface area contributed by atoms with Crippen molar-refractivity contribution in [2.24, 2.45) is 0 Å². The van der Waals surface area contributed by atoms with E-state index in [-0.39, 0.29) is 5.56 Å². The first-order valence-corrected chi connectivity index (χ1v) is 10.2. The summed E-state index contributed by atoms with van der Waals surface area (Å²) in [4.78, 5) is 0. The molecular formula is C24H19F9O. The van der Waals surface area contributed by atoms with Crippen LogP contribution >= 0.6 is 0 Å². The van der Waals surface area contributed by atoms with E-state index in [1.165, 1.54) is 12.1 Å². The lowest BCUT2D eigenvalue weighted by Crippen LogP contribution is -2.45. The van der Waals surface area contributed by atoms with E-state index in [1.807, 2.05) is 6.92 Å². The number of halogens is 9. The molecule has 10 heteroatoms. The molecule has 0 saturated heterocycles. The van der Waals surface area contributed by atoms with E-state index in [4.69, 9.17) is 0 Å². The Morgan fingerprint density at radius 1 is 1.03 bits per heavy atom. The summed E-state index contributed by atoms with van der Waals surface area (Å²) >= 11 is 0. The molecule has 3 rings (SSSR count). The Bertz CT molecular complexity index is 1100. The molecule has 0 fully saturated rings. The minimum atomic E-state index is -5.99. The van der Waals surface area contributed by atoms with Gasteiger partial charge < -0.3 is 4.74 Å². The summed E-state index contributed by atoms with van der Waals surface area (Å²) in [6, 6.07) is 8.36. The molecule has 1 aliphatic carbocycles. The van der Waals surface area contributed by atoms with E-state index < -0.39 is 59.1 Å². The Labute approximate surface area is 189 Å². The standard InChI is InChI=1S/C24H19F9O/c1-2-6-14-7-3-8-15(13-14)19-17(25)10-5-12-22(19,28)16-9-4-11-18(20(16)26)34-24(32,33)21(27)23(29,30)31/h3-5,7-11,13,21H,2,6,12H2,1H3. The van der Waals surface area contributed by atoms with Gasteiger partial charge in [-0.15, -0.1) is 0 Å². The van der Waals surface area contributed by atoms with Gasteiger partial charge in [0, 0.05) is 17.6 Å². The second kappa shape index (κ2) is 9.38. The Morgan fingerprint density at radius 3 is 2.35 bits per heavy atom. The summed E-state index contributed by atoms with van der Waals surface area (Å²) in [7, 11) is 0. The van der Waals surface area contributed by atoms with Gasteiger partial charge in [-0.25, -0.2) is 17.6 Å². The van der Waals surface area contributed by atoms with E-state index in [0.717, 1.165) is 36.3 Å². The maximum atomic E-state index is 16.4. The van der Waals surface area contributed by atoms with Crippen molar-refractivity contribution in [1.29, 1.82) is 0 Å². The lowest BCUT2D eigenvalue weighted by molar-refractivity contribution is -0.305. The molecule has 0 radical (unpaired) electrons. The number of rotatable bonds is 7. The van der Waals surface area contributed by atoms with E-state index in [0.29, 0.717) is 12.5 Å². The molecule has 184 valence electrons. The van der Waals surface area contributed by atoms with Gasteiger partial charge in [-0.1, -0.05) is 55.8 Å². The molecule has 2 aromatic carbocycles. The van der Waals surface area contributed by atoms with Crippen LogP contribution in [0, 0.1) is 5.82 Å². The lowest BCUT2D eigenvalue weighted by atomic mass is 9.78. The molecule has 0 heterocycles. The Hall–Kier alpha value is -2.91. The molecule has 0 saturated carbocycles. The second-order valence-electron chi connectivity index (χ2n) is 7.77. The smallest absolute Gasteiger partial charge is 0.427 e. The Morgan fingerprint density at radius 2 is 1.71 bits per heavy atom. The third kappa shape index (κ3) is 4.95. The molecule has 1 nitrogen and oxygen atoms in total. The molecule has 0 amide bonds. The minimum absolute atomic E-state index is 0.0762. The van der Waals surface area contributed by atoms with Crippen molar-refractivity contribution in [3.05, 3.63) is 83.0 Å². The molecule has 2 atom stereocenters. The quantitative estimate of drug-likeness (QED) is 0.353. The van der Waals surface area contributed by atoms with Gasteiger partial charge >= 0.3 is 12.3 Å². The van der Waals surface area contributed by atoms with Crippen molar-refractivity contribution in [3.63, 3.8) is 0 Å². The highest BCUT2D eigenvalue weighted by Gasteiger charge is 2.59. The normalized spacial score (nSPS) is 19.9. The van der Waals surface area contributed by atoms with Gasteiger partial charge in [0.2, 0.25) is 0 Å². The number of ether oxygens (including phenoxy) is 1. The van der Waals surface area contributed by atoms with Crippen LogP contribution in [0.3, 0.4) is 0 Å². The molecule has 2 aromatic rings. The third-order valence-corrected chi connectivity index (χ3v) is 5.27. The number of alkyl halides is 7. The van der Waals surface area contributed by atoms with Crippen LogP contribution in [0.5, 0.6) is 5.75 Å². The van der Waals surface area contributed by atoms with Crippen LogP contribution < -0.4 is 4.74 Å². The highest BCUT2D eigenvalue weighted by molar-refractivity contribution is 5.79. The fourth-order valence-electron chi connectivity index (χ4n) is 3.77. The highest BCUT2D eigenvalue weighted by Crippen LogP contribution is 2.50. The number of aryl methyl sites for hydroxylation is 1. The van der Waals surface area contributed by atoms with Crippen LogP contribution in [0.2, 0.25) is 0 Å². The predicted molar refractivity (Wildman–Crippen MR) is 108 cm³/mol. The zero-order valence-corrected chi connectivity index (χ0v) is 17.7. The van der Waals surface area contributed by atoms with Crippen LogP contribution in [-0.4, -0.2) is 18.5 Å². The first-order valence-electron chi connectivity index (χ1n) is 10.2.